The summed E-state index contributed by atoms with van der Waals surface area (Å²) in [6.07, 6.45) is 15.4. The Bertz CT molecular complexity index is 554. The zero-order valence-corrected chi connectivity index (χ0v) is 13.6. The molecule has 1 heterocycles. The smallest absolute Gasteiger partial charge is 0.0638 e. The molecule has 116 valence electrons. The first-order valence-corrected chi connectivity index (χ1v) is 9.13. The van der Waals surface area contributed by atoms with Crippen molar-refractivity contribution in [2.75, 3.05) is 0 Å². The third-order valence-corrected chi connectivity index (χ3v) is 5.37. The minimum Gasteiger partial charge on any atom is -0.348 e. The Morgan fingerprint density at radius 2 is 1.43 bits per heavy atom. The van der Waals surface area contributed by atoms with Crippen LogP contribution in [-0.4, -0.2) is 4.57 Å². The lowest BCUT2D eigenvalue weighted by Crippen LogP contribution is -2.27. The van der Waals surface area contributed by atoms with Crippen molar-refractivity contribution < 1.29 is 0 Å². The molecule has 21 heavy (non-hydrogen) atoms. The van der Waals surface area contributed by atoms with E-state index in [2.05, 4.69) is 11.5 Å². The molecule has 2 heteroatoms. The van der Waals surface area contributed by atoms with E-state index in [4.69, 9.17) is 5.41 Å². The molecule has 0 spiro atoms. The number of rotatable bonds is 6. The fourth-order valence-electron chi connectivity index (χ4n) is 4.24. The highest BCUT2D eigenvalue weighted by atomic mass is 15.0. The lowest BCUT2D eigenvalue weighted by molar-refractivity contribution is 0.517. The van der Waals surface area contributed by atoms with Crippen LogP contribution in [-0.2, 0) is 32.2 Å². The van der Waals surface area contributed by atoms with Gasteiger partial charge in [0.25, 0.3) is 0 Å². The molecule has 1 N–H and O–H groups in total. The van der Waals surface area contributed by atoms with Crippen LogP contribution in [0.1, 0.15) is 80.8 Å². The zero-order chi connectivity index (χ0) is 14.7. The molecule has 0 bridgehead atoms. The SMILES string of the molecule is CCCCCCCn1c2c(c(=N)c3c1CCC3)CCCC2. The summed E-state index contributed by atoms with van der Waals surface area (Å²) < 4.78 is 2.65. The fraction of sp³-hybridized carbons (Fsp3) is 0.737. The van der Waals surface area contributed by atoms with Gasteiger partial charge in [-0.15, -0.1) is 0 Å². The molecule has 0 saturated heterocycles. The molecule has 0 aliphatic heterocycles. The van der Waals surface area contributed by atoms with Crippen LogP contribution in [0.4, 0.5) is 0 Å². The second kappa shape index (κ2) is 6.81. The van der Waals surface area contributed by atoms with E-state index in [-0.39, 0.29) is 0 Å². The molecular formula is C19H30N2. The van der Waals surface area contributed by atoms with E-state index >= 15 is 0 Å². The molecule has 0 saturated carbocycles. The van der Waals surface area contributed by atoms with Crippen LogP contribution in [0.2, 0.25) is 0 Å². The predicted octanol–water partition coefficient (Wildman–Crippen LogP) is 4.31. The maximum Gasteiger partial charge on any atom is 0.0638 e. The summed E-state index contributed by atoms with van der Waals surface area (Å²) in [5.41, 5.74) is 5.85. The Labute approximate surface area is 129 Å². The monoisotopic (exact) mass is 286 g/mol. The molecule has 0 aromatic carbocycles. The van der Waals surface area contributed by atoms with Gasteiger partial charge in [-0.1, -0.05) is 32.6 Å². The van der Waals surface area contributed by atoms with E-state index in [1.807, 2.05) is 0 Å². The van der Waals surface area contributed by atoms with Crippen molar-refractivity contribution in [2.45, 2.75) is 90.5 Å². The van der Waals surface area contributed by atoms with Gasteiger partial charge in [-0.05, 0) is 62.5 Å². The number of nitrogens with zero attached hydrogens (tertiary/aromatic N) is 1. The van der Waals surface area contributed by atoms with Crippen LogP contribution >= 0.6 is 0 Å². The quantitative estimate of drug-likeness (QED) is 0.755. The van der Waals surface area contributed by atoms with E-state index in [9.17, 15) is 0 Å². The Morgan fingerprint density at radius 1 is 0.810 bits per heavy atom. The molecular weight excluding hydrogens is 256 g/mol. The van der Waals surface area contributed by atoms with Gasteiger partial charge in [0.2, 0.25) is 0 Å². The predicted molar refractivity (Wildman–Crippen MR) is 87.7 cm³/mol. The van der Waals surface area contributed by atoms with Gasteiger partial charge < -0.3 is 9.98 Å². The van der Waals surface area contributed by atoms with E-state index in [0.29, 0.717) is 0 Å². The summed E-state index contributed by atoms with van der Waals surface area (Å²) in [7, 11) is 0. The van der Waals surface area contributed by atoms with Crippen molar-refractivity contribution in [3.63, 3.8) is 0 Å². The number of hydrogen-bond acceptors (Lipinski definition) is 1. The van der Waals surface area contributed by atoms with E-state index < -0.39 is 0 Å². The molecule has 1 aromatic rings. The van der Waals surface area contributed by atoms with Gasteiger partial charge in [0, 0.05) is 17.9 Å². The molecule has 0 radical (unpaired) electrons. The number of fused-ring (bicyclic) bond motifs is 2. The highest BCUT2D eigenvalue weighted by molar-refractivity contribution is 5.35. The Kier molecular flexibility index (Phi) is 4.82. The molecule has 1 aromatic heterocycles. The summed E-state index contributed by atoms with van der Waals surface area (Å²) in [4.78, 5) is 0. The van der Waals surface area contributed by atoms with Crippen molar-refractivity contribution in [3.05, 3.63) is 27.9 Å². The third kappa shape index (κ3) is 2.95. The van der Waals surface area contributed by atoms with Crippen LogP contribution in [0, 0.1) is 5.41 Å². The second-order valence-corrected chi connectivity index (χ2v) is 6.85. The van der Waals surface area contributed by atoms with Crippen molar-refractivity contribution in [3.8, 4) is 0 Å². The average Bonchev–Trinajstić information content (AvgIpc) is 3.00. The molecule has 0 atom stereocenters. The van der Waals surface area contributed by atoms with Crippen molar-refractivity contribution in [1.29, 1.82) is 5.41 Å². The number of unbranched alkanes of at least 4 members (excludes halogenated alkanes) is 4. The van der Waals surface area contributed by atoms with E-state index in [1.54, 1.807) is 0 Å². The van der Waals surface area contributed by atoms with Crippen LogP contribution in [0.15, 0.2) is 0 Å². The van der Waals surface area contributed by atoms with Gasteiger partial charge in [0.15, 0.2) is 0 Å². The van der Waals surface area contributed by atoms with Crippen LogP contribution < -0.4 is 5.36 Å². The van der Waals surface area contributed by atoms with Crippen molar-refractivity contribution in [1.82, 2.24) is 4.57 Å². The minimum absolute atomic E-state index is 0.916. The summed E-state index contributed by atoms with van der Waals surface area (Å²) in [6.45, 7) is 3.49. The second-order valence-electron chi connectivity index (χ2n) is 6.85. The normalized spacial score (nSPS) is 16.8. The minimum atomic E-state index is 0.916. The molecule has 3 rings (SSSR count). The zero-order valence-electron chi connectivity index (χ0n) is 13.6. The Hall–Kier alpha value is -1.05. The summed E-state index contributed by atoms with van der Waals surface area (Å²) in [5.74, 6) is 0. The van der Waals surface area contributed by atoms with Crippen molar-refractivity contribution >= 4 is 0 Å². The van der Waals surface area contributed by atoms with Gasteiger partial charge in [0.05, 0.1) is 5.36 Å². The van der Waals surface area contributed by atoms with Gasteiger partial charge in [0.1, 0.15) is 0 Å². The third-order valence-electron chi connectivity index (χ3n) is 5.37. The first kappa shape index (κ1) is 14.9. The van der Waals surface area contributed by atoms with Gasteiger partial charge in [-0.25, -0.2) is 0 Å². The summed E-state index contributed by atoms with van der Waals surface area (Å²) >= 11 is 0. The first-order valence-electron chi connectivity index (χ1n) is 9.13. The summed E-state index contributed by atoms with van der Waals surface area (Å²) in [6, 6.07) is 0. The van der Waals surface area contributed by atoms with E-state index in [1.165, 1.54) is 93.3 Å². The molecule has 2 aliphatic carbocycles. The average molecular weight is 286 g/mol. The maximum absolute atomic E-state index is 8.56. The molecule has 0 fully saturated rings. The standard InChI is InChI=1S/C19H30N2/c1-2-3-4-5-8-14-21-17-12-7-6-10-15(17)19(20)16-11-9-13-18(16)21/h20H,2-14H2,1H3. The van der Waals surface area contributed by atoms with Gasteiger partial charge in [-0.2, -0.15) is 0 Å². The Morgan fingerprint density at radius 3 is 2.19 bits per heavy atom. The lowest BCUT2D eigenvalue weighted by atomic mass is 9.92. The largest absolute Gasteiger partial charge is 0.348 e. The first-order chi connectivity index (χ1) is 10.3. The molecule has 2 nitrogen and oxygen atoms in total. The maximum atomic E-state index is 8.56. The van der Waals surface area contributed by atoms with Gasteiger partial charge >= 0.3 is 0 Å². The number of hydrogen-bond donors (Lipinski definition) is 1. The van der Waals surface area contributed by atoms with Gasteiger partial charge in [-0.3, -0.25) is 0 Å². The number of aromatic nitrogens is 1. The van der Waals surface area contributed by atoms with Crippen molar-refractivity contribution in [2.24, 2.45) is 0 Å². The Balaban J connectivity index is 1.84. The molecule has 2 aliphatic rings. The highest BCUT2D eigenvalue weighted by Crippen LogP contribution is 2.27. The van der Waals surface area contributed by atoms with E-state index in [0.717, 1.165) is 18.2 Å². The lowest BCUT2D eigenvalue weighted by Gasteiger charge is -2.26. The fourth-order valence-corrected chi connectivity index (χ4v) is 4.24. The van der Waals surface area contributed by atoms with Crippen LogP contribution in [0.5, 0.6) is 0 Å². The number of pyridine rings is 1. The van der Waals surface area contributed by atoms with Crippen LogP contribution in [0.3, 0.4) is 0 Å². The number of nitrogens with one attached hydrogen (secondary N) is 1. The van der Waals surface area contributed by atoms with Crippen LogP contribution in [0.25, 0.3) is 0 Å². The topological polar surface area (TPSA) is 28.8 Å². The molecule has 0 amide bonds. The molecule has 0 unspecified atom stereocenters. The summed E-state index contributed by atoms with van der Waals surface area (Å²) in [5, 5.41) is 9.47. The highest BCUT2D eigenvalue weighted by Gasteiger charge is 2.23.